The van der Waals surface area contributed by atoms with Crippen LogP contribution in [0.1, 0.15) is 68.3 Å². The van der Waals surface area contributed by atoms with Crippen molar-refractivity contribution < 1.29 is 19.4 Å². The molecule has 186 valence electrons. The molecule has 4 N–H and O–H groups in total. The molecule has 2 rings (SSSR count). The maximum Gasteiger partial charge on any atom is 0.251 e. The van der Waals surface area contributed by atoms with Crippen LogP contribution in [0.25, 0.3) is 0 Å². The molecule has 1 fully saturated rings. The number of β-amino-alcohol motifs (C(OH)–C–C–N with tert-alkyl or cyclic N) is 1. The molecule has 7 heteroatoms. The number of carbonyl (C=O) groups excluding carboxylic acids is 2. The number of benzene rings is 1. The smallest absolute Gasteiger partial charge is 0.251 e. The predicted molar refractivity (Wildman–Crippen MR) is 131 cm³/mol. The molecule has 0 saturated carbocycles. The number of aliphatic hydroxyl groups excluding tert-OH is 1. The third-order valence-corrected chi connectivity index (χ3v) is 6.67. The summed E-state index contributed by atoms with van der Waals surface area (Å²) in [7, 11) is 1.70. The van der Waals surface area contributed by atoms with Gasteiger partial charge in [0.05, 0.1) is 6.10 Å². The number of ether oxygens (including phenoxy) is 1. The highest BCUT2D eigenvalue weighted by molar-refractivity contribution is 5.95. The fourth-order valence-electron chi connectivity index (χ4n) is 4.35. The number of likely N-dealkylation sites (tertiary alicyclic amines) is 1. The van der Waals surface area contributed by atoms with E-state index in [4.69, 9.17) is 10.5 Å². The Morgan fingerprint density at radius 3 is 2.70 bits per heavy atom. The Morgan fingerprint density at radius 2 is 2.00 bits per heavy atom. The van der Waals surface area contributed by atoms with Gasteiger partial charge < -0.3 is 25.8 Å². The van der Waals surface area contributed by atoms with Gasteiger partial charge in [-0.2, -0.15) is 0 Å². The van der Waals surface area contributed by atoms with Crippen molar-refractivity contribution in [3.05, 3.63) is 35.4 Å². The second kappa shape index (κ2) is 14.3. The molecule has 1 aliphatic rings. The van der Waals surface area contributed by atoms with E-state index in [1.165, 1.54) is 0 Å². The van der Waals surface area contributed by atoms with Crippen LogP contribution in [0.3, 0.4) is 0 Å². The van der Waals surface area contributed by atoms with Gasteiger partial charge in [0.25, 0.3) is 5.91 Å². The Labute approximate surface area is 199 Å². The van der Waals surface area contributed by atoms with Gasteiger partial charge in [-0.1, -0.05) is 32.0 Å². The second-order valence-corrected chi connectivity index (χ2v) is 9.58. The summed E-state index contributed by atoms with van der Waals surface area (Å²) in [6.45, 7) is 6.41. The van der Waals surface area contributed by atoms with Gasteiger partial charge >= 0.3 is 0 Å². The number of nitrogens with two attached hydrogens (primary N) is 1. The molecular weight excluding hydrogens is 418 g/mol. The molecule has 0 aromatic heterocycles. The minimum Gasteiger partial charge on any atom is -0.390 e. The summed E-state index contributed by atoms with van der Waals surface area (Å²) >= 11 is 0. The number of unbranched alkanes of at least 4 members (excludes halogenated alkanes) is 1. The Bertz CT molecular complexity index is 740. The summed E-state index contributed by atoms with van der Waals surface area (Å²) in [5.74, 6) is 0.450. The van der Waals surface area contributed by atoms with E-state index in [9.17, 15) is 14.7 Å². The van der Waals surface area contributed by atoms with E-state index in [1.807, 2.05) is 24.3 Å². The number of carbonyl (C=O) groups is 2. The van der Waals surface area contributed by atoms with E-state index in [-0.39, 0.29) is 24.3 Å². The van der Waals surface area contributed by atoms with Crippen LogP contribution in [0.2, 0.25) is 0 Å². The lowest BCUT2D eigenvalue weighted by atomic mass is 9.87. The fourth-order valence-corrected chi connectivity index (χ4v) is 4.35. The van der Waals surface area contributed by atoms with Crippen LogP contribution in [-0.4, -0.2) is 67.3 Å². The number of hydrogen-bond donors (Lipinski definition) is 3. The van der Waals surface area contributed by atoms with Crippen LogP contribution in [0, 0.1) is 11.8 Å². The molecule has 0 unspecified atom stereocenters. The first-order valence-electron chi connectivity index (χ1n) is 12.4. The van der Waals surface area contributed by atoms with Crippen molar-refractivity contribution in [3.63, 3.8) is 0 Å². The van der Waals surface area contributed by atoms with E-state index in [1.54, 1.807) is 12.0 Å². The Hall–Kier alpha value is -1.96. The van der Waals surface area contributed by atoms with Gasteiger partial charge in [0.2, 0.25) is 5.91 Å². The minimum absolute atomic E-state index is 0.0731. The Kier molecular flexibility index (Phi) is 11.9. The van der Waals surface area contributed by atoms with Crippen LogP contribution in [0.4, 0.5) is 0 Å². The van der Waals surface area contributed by atoms with Crippen molar-refractivity contribution in [2.75, 3.05) is 33.4 Å². The third-order valence-electron chi connectivity index (χ3n) is 6.67. The van der Waals surface area contributed by atoms with E-state index >= 15 is 0 Å². The quantitative estimate of drug-likeness (QED) is 0.370. The average molecular weight is 462 g/mol. The molecule has 0 spiro atoms. The molecule has 7 nitrogen and oxygen atoms in total. The number of nitrogens with zero attached hydrogens (tertiary/aromatic N) is 1. The van der Waals surface area contributed by atoms with Gasteiger partial charge in [-0.25, -0.2) is 0 Å². The van der Waals surface area contributed by atoms with Crippen LogP contribution in [-0.2, 0) is 16.0 Å². The molecule has 1 heterocycles. The summed E-state index contributed by atoms with van der Waals surface area (Å²) < 4.78 is 5.11. The molecular formula is C26H43N3O4. The van der Waals surface area contributed by atoms with Crippen LogP contribution >= 0.6 is 0 Å². The summed E-state index contributed by atoms with van der Waals surface area (Å²) in [6, 6.07) is 7.29. The van der Waals surface area contributed by atoms with Crippen molar-refractivity contribution in [2.45, 2.75) is 70.9 Å². The van der Waals surface area contributed by atoms with Crippen molar-refractivity contribution in [3.8, 4) is 0 Å². The lowest BCUT2D eigenvalue weighted by molar-refractivity contribution is -0.135. The van der Waals surface area contributed by atoms with Crippen molar-refractivity contribution >= 4 is 11.8 Å². The lowest BCUT2D eigenvalue weighted by Gasteiger charge is -2.32. The topological polar surface area (TPSA) is 105 Å². The third kappa shape index (κ3) is 9.07. The van der Waals surface area contributed by atoms with E-state index < -0.39 is 12.1 Å². The predicted octanol–water partition coefficient (Wildman–Crippen LogP) is 2.75. The largest absolute Gasteiger partial charge is 0.390 e. The van der Waals surface area contributed by atoms with Gasteiger partial charge in [-0.3, -0.25) is 9.59 Å². The SMILES string of the molecule is COCCCCc1ccccc1C(=O)NC[C@@H](C[C@H](N)[C@@H](O)CN1CCCCC1=O)C(C)C. The highest BCUT2D eigenvalue weighted by Gasteiger charge is 2.27. The summed E-state index contributed by atoms with van der Waals surface area (Å²) in [6.07, 6.45) is 5.04. The van der Waals surface area contributed by atoms with Gasteiger partial charge in [0, 0.05) is 51.4 Å². The standard InChI is InChI=1S/C26H43N3O4/c1-19(2)21(16-23(27)24(30)18-29-14-8-6-13-25(29)31)17-28-26(32)22-12-5-4-10-20(22)11-7-9-15-33-3/h4-5,10,12,19,21,23-24,30H,6-9,11,13-18,27H2,1-3H3,(H,28,32)/t21-,23+,24+/m1/s1. The molecule has 0 bridgehead atoms. The molecule has 1 aromatic carbocycles. The highest BCUT2D eigenvalue weighted by Crippen LogP contribution is 2.20. The molecule has 2 amide bonds. The minimum atomic E-state index is -0.767. The number of nitrogens with one attached hydrogen (secondary N) is 1. The maximum atomic E-state index is 12.9. The first-order chi connectivity index (χ1) is 15.8. The van der Waals surface area contributed by atoms with Crippen LogP contribution in [0.5, 0.6) is 0 Å². The van der Waals surface area contributed by atoms with E-state index in [0.717, 1.165) is 44.3 Å². The summed E-state index contributed by atoms with van der Waals surface area (Å²) in [5, 5.41) is 13.7. The van der Waals surface area contributed by atoms with Crippen molar-refractivity contribution in [1.29, 1.82) is 0 Å². The molecule has 33 heavy (non-hydrogen) atoms. The lowest BCUT2D eigenvalue weighted by Crippen LogP contribution is -2.48. The normalized spacial score (nSPS) is 17.2. The van der Waals surface area contributed by atoms with Gasteiger partial charge in [0.15, 0.2) is 0 Å². The number of methoxy groups -OCH3 is 1. The zero-order valence-electron chi connectivity index (χ0n) is 20.6. The number of amides is 2. The summed E-state index contributed by atoms with van der Waals surface area (Å²) in [5.41, 5.74) is 8.09. The number of aryl methyl sites for hydroxylation is 1. The zero-order valence-corrected chi connectivity index (χ0v) is 20.6. The average Bonchev–Trinajstić information content (AvgIpc) is 2.80. The first-order valence-corrected chi connectivity index (χ1v) is 12.4. The van der Waals surface area contributed by atoms with E-state index in [0.29, 0.717) is 37.4 Å². The van der Waals surface area contributed by atoms with Crippen molar-refractivity contribution in [2.24, 2.45) is 17.6 Å². The van der Waals surface area contributed by atoms with Crippen LogP contribution in [0.15, 0.2) is 24.3 Å². The zero-order chi connectivity index (χ0) is 24.2. The number of rotatable bonds is 14. The van der Waals surface area contributed by atoms with Gasteiger partial charge in [-0.05, 0) is 62.0 Å². The molecule has 1 saturated heterocycles. The van der Waals surface area contributed by atoms with Crippen LogP contribution < -0.4 is 11.1 Å². The number of aliphatic hydroxyl groups is 1. The van der Waals surface area contributed by atoms with E-state index in [2.05, 4.69) is 19.2 Å². The van der Waals surface area contributed by atoms with Gasteiger partial charge in [-0.15, -0.1) is 0 Å². The van der Waals surface area contributed by atoms with Gasteiger partial charge in [0.1, 0.15) is 0 Å². The molecule has 3 atom stereocenters. The maximum absolute atomic E-state index is 12.9. The highest BCUT2D eigenvalue weighted by atomic mass is 16.5. The summed E-state index contributed by atoms with van der Waals surface area (Å²) in [4.78, 5) is 26.7. The fraction of sp³-hybridized carbons (Fsp3) is 0.692. The molecule has 0 radical (unpaired) electrons. The second-order valence-electron chi connectivity index (χ2n) is 9.58. The monoisotopic (exact) mass is 461 g/mol. The molecule has 1 aliphatic heterocycles. The van der Waals surface area contributed by atoms with Crippen molar-refractivity contribution in [1.82, 2.24) is 10.2 Å². The molecule has 1 aromatic rings. The number of piperidine rings is 1. The Morgan fingerprint density at radius 1 is 1.24 bits per heavy atom. The molecule has 0 aliphatic carbocycles. The Balaban J connectivity index is 1.89. The number of hydrogen-bond acceptors (Lipinski definition) is 5. The first kappa shape index (κ1) is 27.3.